The van der Waals surface area contributed by atoms with Gasteiger partial charge in [-0.3, -0.25) is 4.98 Å². The normalized spacial score (nSPS) is 9.86. The Balaban J connectivity index is 0.000000980. The van der Waals surface area contributed by atoms with E-state index in [1.807, 2.05) is 24.3 Å². The summed E-state index contributed by atoms with van der Waals surface area (Å²) in [6.45, 7) is 0. The molecule has 2 rings (SSSR count). The second kappa shape index (κ2) is 4.87. The first-order chi connectivity index (χ1) is 6.33. The predicted molar refractivity (Wildman–Crippen MR) is 65.8 cm³/mol. The number of fused-ring (bicyclic) bond motifs is 1. The number of aromatic nitrogens is 1. The summed E-state index contributed by atoms with van der Waals surface area (Å²) in [6, 6.07) is 7.83. The Morgan fingerprint density at radius 1 is 1.29 bits per heavy atom. The first kappa shape index (κ1) is 11.6. The topological polar surface area (TPSA) is 12.9 Å². The van der Waals surface area contributed by atoms with E-state index in [0.29, 0.717) is 5.88 Å². The first-order valence-corrected chi connectivity index (χ1v) is 4.92. The number of hydrogen-bond donors (Lipinski definition) is 1. The van der Waals surface area contributed by atoms with Gasteiger partial charge in [-0.2, -0.15) is 0 Å². The lowest BCUT2D eigenvalue weighted by atomic mass is 10.1. The lowest BCUT2D eigenvalue weighted by Crippen LogP contribution is -1.85. The predicted octanol–water partition coefficient (Wildman–Crippen LogP) is 3.68. The van der Waals surface area contributed by atoms with Crippen LogP contribution in [-0.4, -0.2) is 4.98 Å². The molecule has 4 heteroatoms. The van der Waals surface area contributed by atoms with E-state index in [1.54, 1.807) is 6.20 Å². The second-order valence-corrected chi connectivity index (χ2v) is 3.53. The van der Waals surface area contributed by atoms with Gasteiger partial charge in [-0.05, 0) is 17.7 Å². The fourth-order valence-electron chi connectivity index (χ4n) is 1.33. The van der Waals surface area contributed by atoms with Crippen molar-refractivity contribution in [3.63, 3.8) is 0 Å². The number of thiol groups is 1. The average molecular weight is 246 g/mol. The molecule has 0 aliphatic carbocycles. The van der Waals surface area contributed by atoms with Crippen molar-refractivity contribution in [2.24, 2.45) is 0 Å². The first-order valence-electron chi connectivity index (χ1n) is 3.94. The van der Waals surface area contributed by atoms with Gasteiger partial charge in [0.05, 0.1) is 5.52 Å². The summed E-state index contributed by atoms with van der Waals surface area (Å²) < 4.78 is 0. The Bertz CT molecular complexity index is 445. The summed E-state index contributed by atoms with van der Waals surface area (Å²) in [5.41, 5.74) is 2.02. The van der Waals surface area contributed by atoms with Crippen LogP contribution in [0.15, 0.2) is 35.4 Å². The van der Waals surface area contributed by atoms with Crippen molar-refractivity contribution in [1.82, 2.24) is 4.98 Å². The minimum absolute atomic E-state index is 0. The monoisotopic (exact) mass is 245 g/mol. The van der Waals surface area contributed by atoms with Crippen LogP contribution in [0.4, 0.5) is 0 Å². The third kappa shape index (κ3) is 1.97. The molecule has 1 heterocycles. The molecule has 0 radical (unpaired) electrons. The van der Waals surface area contributed by atoms with Crippen molar-refractivity contribution in [2.45, 2.75) is 10.8 Å². The zero-order valence-corrected chi connectivity index (χ0v) is 9.74. The van der Waals surface area contributed by atoms with Crippen LogP contribution in [0.5, 0.6) is 0 Å². The van der Waals surface area contributed by atoms with E-state index in [1.165, 1.54) is 0 Å². The summed E-state index contributed by atoms with van der Waals surface area (Å²) in [6.07, 6.45) is 1.76. The Kier molecular flexibility index (Phi) is 4.05. The molecule has 0 atom stereocenters. The molecule has 0 saturated heterocycles. The molecule has 1 nitrogen and oxygen atoms in total. The van der Waals surface area contributed by atoms with Gasteiger partial charge in [0.1, 0.15) is 0 Å². The highest BCUT2D eigenvalue weighted by atomic mass is 35.5. The molecule has 14 heavy (non-hydrogen) atoms. The van der Waals surface area contributed by atoms with Crippen molar-refractivity contribution in [2.75, 3.05) is 0 Å². The van der Waals surface area contributed by atoms with Gasteiger partial charge in [-0.15, -0.1) is 36.6 Å². The van der Waals surface area contributed by atoms with Gasteiger partial charge in [0, 0.05) is 22.4 Å². The zero-order valence-electron chi connectivity index (χ0n) is 7.27. The van der Waals surface area contributed by atoms with Gasteiger partial charge in [0.15, 0.2) is 0 Å². The minimum atomic E-state index is 0. The van der Waals surface area contributed by atoms with Crippen molar-refractivity contribution in [3.8, 4) is 0 Å². The number of halogens is 2. The molecule has 0 fully saturated rings. The summed E-state index contributed by atoms with van der Waals surface area (Å²) in [7, 11) is 0. The number of alkyl halides is 1. The zero-order chi connectivity index (χ0) is 9.26. The van der Waals surface area contributed by atoms with Crippen LogP contribution >= 0.6 is 36.6 Å². The van der Waals surface area contributed by atoms with E-state index < -0.39 is 0 Å². The number of nitrogens with zero attached hydrogens (tertiary/aromatic N) is 1. The van der Waals surface area contributed by atoms with E-state index >= 15 is 0 Å². The lowest BCUT2D eigenvalue weighted by molar-refractivity contribution is 1.32. The highest BCUT2D eigenvalue weighted by Crippen LogP contribution is 2.24. The van der Waals surface area contributed by atoms with Gasteiger partial charge >= 0.3 is 0 Å². The quantitative estimate of drug-likeness (QED) is 0.598. The maximum atomic E-state index is 5.81. The molecule has 0 spiro atoms. The molecule has 0 N–H and O–H groups in total. The number of pyridine rings is 1. The molecule has 0 bridgehead atoms. The second-order valence-electron chi connectivity index (χ2n) is 2.78. The van der Waals surface area contributed by atoms with Crippen molar-refractivity contribution >= 4 is 47.5 Å². The average Bonchev–Trinajstić information content (AvgIpc) is 2.19. The number of benzene rings is 1. The highest BCUT2D eigenvalue weighted by Gasteiger charge is 2.02. The standard InChI is InChI=1S/C10H8ClNS.ClH/c11-6-7-3-4-9(13)10-8(7)2-1-5-12-10;/h1-5,13H,6H2;1H. The molecule has 0 saturated carbocycles. The Morgan fingerprint density at radius 3 is 2.79 bits per heavy atom. The van der Waals surface area contributed by atoms with Crippen LogP contribution in [0, 0.1) is 0 Å². The lowest BCUT2D eigenvalue weighted by Gasteiger charge is -2.03. The van der Waals surface area contributed by atoms with Crippen molar-refractivity contribution < 1.29 is 0 Å². The highest BCUT2D eigenvalue weighted by molar-refractivity contribution is 7.80. The van der Waals surface area contributed by atoms with E-state index in [2.05, 4.69) is 17.6 Å². The van der Waals surface area contributed by atoms with Crippen LogP contribution in [0.25, 0.3) is 10.9 Å². The summed E-state index contributed by atoms with van der Waals surface area (Å²) >= 11 is 10.1. The Labute approximate surface area is 99.3 Å². The SMILES string of the molecule is Cl.Sc1ccc(CCl)c2cccnc12. The van der Waals surface area contributed by atoms with Gasteiger partial charge in [0.2, 0.25) is 0 Å². The molecule has 0 unspecified atom stereocenters. The Hall–Kier alpha value is -0.440. The molecular weight excluding hydrogens is 237 g/mol. The van der Waals surface area contributed by atoms with Crippen LogP contribution < -0.4 is 0 Å². The fourth-order valence-corrected chi connectivity index (χ4v) is 1.82. The van der Waals surface area contributed by atoms with Crippen LogP contribution in [0.1, 0.15) is 5.56 Å². The smallest absolute Gasteiger partial charge is 0.0838 e. The van der Waals surface area contributed by atoms with Gasteiger partial charge in [0.25, 0.3) is 0 Å². The minimum Gasteiger partial charge on any atom is -0.255 e. The molecule has 1 aromatic carbocycles. The molecule has 0 aliphatic rings. The van der Waals surface area contributed by atoms with Crippen LogP contribution in [-0.2, 0) is 5.88 Å². The third-order valence-electron chi connectivity index (χ3n) is 1.98. The molecular formula is C10H9Cl2NS. The summed E-state index contributed by atoms with van der Waals surface area (Å²) in [4.78, 5) is 5.15. The number of hydrogen-bond acceptors (Lipinski definition) is 2. The maximum absolute atomic E-state index is 5.81. The van der Waals surface area contributed by atoms with Gasteiger partial charge in [-0.1, -0.05) is 12.1 Å². The van der Waals surface area contributed by atoms with E-state index in [0.717, 1.165) is 21.4 Å². The third-order valence-corrected chi connectivity index (χ3v) is 2.63. The molecule has 0 aliphatic heterocycles. The molecule has 0 amide bonds. The molecule has 1 aromatic heterocycles. The molecule has 74 valence electrons. The Morgan fingerprint density at radius 2 is 2.07 bits per heavy atom. The molecule has 2 aromatic rings. The summed E-state index contributed by atoms with van der Waals surface area (Å²) in [5, 5.41) is 1.09. The van der Waals surface area contributed by atoms with Crippen molar-refractivity contribution in [1.29, 1.82) is 0 Å². The summed E-state index contributed by atoms with van der Waals surface area (Å²) in [5.74, 6) is 0.510. The largest absolute Gasteiger partial charge is 0.255 e. The fraction of sp³-hybridized carbons (Fsp3) is 0.100. The number of rotatable bonds is 1. The van der Waals surface area contributed by atoms with Crippen molar-refractivity contribution in [3.05, 3.63) is 36.0 Å². The van der Waals surface area contributed by atoms with E-state index in [4.69, 9.17) is 11.6 Å². The maximum Gasteiger partial charge on any atom is 0.0838 e. The van der Waals surface area contributed by atoms with Crippen LogP contribution in [0.3, 0.4) is 0 Å². The van der Waals surface area contributed by atoms with E-state index in [-0.39, 0.29) is 12.4 Å². The van der Waals surface area contributed by atoms with Crippen LogP contribution in [0.2, 0.25) is 0 Å². The van der Waals surface area contributed by atoms with E-state index in [9.17, 15) is 0 Å². The van der Waals surface area contributed by atoms with Gasteiger partial charge in [-0.25, -0.2) is 0 Å². The van der Waals surface area contributed by atoms with Gasteiger partial charge < -0.3 is 0 Å².